The maximum absolute atomic E-state index is 13.0. The molecule has 4 unspecified atom stereocenters. The fourth-order valence-electron chi connectivity index (χ4n) is 4.01. The number of allylic oxidation sites excluding steroid dienone is 3. The van der Waals surface area contributed by atoms with Gasteiger partial charge in [0.2, 0.25) is 5.91 Å². The van der Waals surface area contributed by atoms with Crippen molar-refractivity contribution in [3.05, 3.63) is 23.4 Å². The highest BCUT2D eigenvalue weighted by Crippen LogP contribution is 2.47. The van der Waals surface area contributed by atoms with Gasteiger partial charge in [-0.15, -0.1) is 0 Å². The number of amides is 1. The SMILES string of the molecule is CC1C(=O)N(CC2CCC(O)(C(F)(F)F)C2)C2=C1C=CC(=O)C2C. The maximum atomic E-state index is 13.0. The Kier molecular flexibility index (Phi) is 3.90. The van der Waals surface area contributed by atoms with Crippen LogP contribution in [0.3, 0.4) is 0 Å². The minimum absolute atomic E-state index is 0.112. The third-order valence-corrected chi connectivity index (χ3v) is 5.51. The fourth-order valence-corrected chi connectivity index (χ4v) is 4.01. The molecule has 0 saturated heterocycles. The topological polar surface area (TPSA) is 57.6 Å². The molecule has 0 aromatic rings. The number of carbonyl (C=O) groups is 2. The Morgan fingerprint density at radius 2 is 1.92 bits per heavy atom. The average Bonchev–Trinajstić information content (AvgIpc) is 2.98. The van der Waals surface area contributed by atoms with Crippen molar-refractivity contribution in [1.82, 2.24) is 4.90 Å². The lowest BCUT2D eigenvalue weighted by Crippen LogP contribution is -2.43. The summed E-state index contributed by atoms with van der Waals surface area (Å²) in [4.78, 5) is 25.9. The quantitative estimate of drug-likeness (QED) is 0.838. The molecule has 1 saturated carbocycles. The Morgan fingerprint density at radius 3 is 2.50 bits per heavy atom. The number of halogens is 3. The van der Waals surface area contributed by atoms with Crippen LogP contribution in [0.1, 0.15) is 33.1 Å². The Balaban J connectivity index is 1.81. The second-order valence-electron chi connectivity index (χ2n) is 7.11. The first-order valence-electron chi connectivity index (χ1n) is 8.11. The number of carbonyl (C=O) groups excluding carboxylic acids is 2. The molecule has 1 fully saturated rings. The standard InChI is InChI=1S/C17H20F3NO3/c1-9-12-3-4-13(22)10(2)14(12)21(15(9)23)8-11-5-6-16(24,7-11)17(18,19)20/h3-4,9-11,24H,5-8H2,1-2H3. The van der Waals surface area contributed by atoms with Gasteiger partial charge in [0.25, 0.3) is 0 Å². The second kappa shape index (κ2) is 5.44. The number of aliphatic hydroxyl groups is 1. The summed E-state index contributed by atoms with van der Waals surface area (Å²) in [5.74, 6) is -1.60. The van der Waals surface area contributed by atoms with Crippen LogP contribution in [0.4, 0.5) is 13.2 Å². The number of hydrogen-bond donors (Lipinski definition) is 1. The molecular weight excluding hydrogens is 323 g/mol. The molecule has 1 amide bonds. The molecule has 1 heterocycles. The molecule has 1 aliphatic heterocycles. The molecule has 0 radical (unpaired) electrons. The van der Waals surface area contributed by atoms with Gasteiger partial charge in [0.15, 0.2) is 11.4 Å². The summed E-state index contributed by atoms with van der Waals surface area (Å²) in [6.07, 6.45) is -2.12. The normalized spacial score (nSPS) is 36.8. The van der Waals surface area contributed by atoms with Gasteiger partial charge in [-0.3, -0.25) is 9.59 Å². The third kappa shape index (κ3) is 2.49. The molecule has 4 atom stereocenters. The highest BCUT2D eigenvalue weighted by atomic mass is 19.4. The van der Waals surface area contributed by atoms with E-state index < -0.39 is 36.0 Å². The number of hydrogen-bond acceptors (Lipinski definition) is 3. The fraction of sp³-hybridized carbons (Fsp3) is 0.647. The van der Waals surface area contributed by atoms with E-state index in [-0.39, 0.29) is 31.1 Å². The van der Waals surface area contributed by atoms with Gasteiger partial charge < -0.3 is 10.0 Å². The lowest BCUT2D eigenvalue weighted by atomic mass is 9.89. The predicted octanol–water partition coefficient (Wildman–Crippen LogP) is 2.59. The van der Waals surface area contributed by atoms with Gasteiger partial charge in [0, 0.05) is 12.2 Å². The van der Waals surface area contributed by atoms with Crippen molar-refractivity contribution >= 4 is 11.7 Å². The van der Waals surface area contributed by atoms with Crippen LogP contribution < -0.4 is 0 Å². The molecule has 0 spiro atoms. The largest absolute Gasteiger partial charge is 0.417 e. The van der Waals surface area contributed by atoms with E-state index in [9.17, 15) is 27.9 Å². The minimum Gasteiger partial charge on any atom is -0.380 e. The first-order chi connectivity index (χ1) is 11.0. The molecule has 0 aromatic carbocycles. The van der Waals surface area contributed by atoms with Crippen molar-refractivity contribution in [3.63, 3.8) is 0 Å². The Hall–Kier alpha value is -1.63. The molecule has 1 N–H and O–H groups in total. The monoisotopic (exact) mass is 343 g/mol. The van der Waals surface area contributed by atoms with E-state index in [4.69, 9.17) is 0 Å². The summed E-state index contributed by atoms with van der Waals surface area (Å²) in [6, 6.07) is 0. The van der Waals surface area contributed by atoms with Crippen LogP contribution in [0.25, 0.3) is 0 Å². The van der Waals surface area contributed by atoms with Crippen LogP contribution in [0.2, 0.25) is 0 Å². The summed E-state index contributed by atoms with van der Waals surface area (Å²) in [5.41, 5.74) is -1.28. The maximum Gasteiger partial charge on any atom is 0.417 e. The van der Waals surface area contributed by atoms with Crippen LogP contribution in [0.5, 0.6) is 0 Å². The van der Waals surface area contributed by atoms with E-state index in [1.165, 1.54) is 11.0 Å². The Morgan fingerprint density at radius 1 is 1.25 bits per heavy atom. The molecule has 0 aromatic heterocycles. The van der Waals surface area contributed by atoms with E-state index in [1.807, 2.05) is 0 Å². The van der Waals surface area contributed by atoms with E-state index in [2.05, 4.69) is 0 Å². The lowest BCUT2D eigenvalue weighted by Gasteiger charge is -2.29. The van der Waals surface area contributed by atoms with Crippen molar-refractivity contribution in [3.8, 4) is 0 Å². The third-order valence-electron chi connectivity index (χ3n) is 5.51. The zero-order chi connectivity index (χ0) is 17.9. The lowest BCUT2D eigenvalue weighted by molar-refractivity contribution is -0.258. The molecule has 7 heteroatoms. The summed E-state index contributed by atoms with van der Waals surface area (Å²) in [5, 5.41) is 9.81. The molecule has 3 rings (SSSR count). The highest BCUT2D eigenvalue weighted by Gasteiger charge is 2.57. The van der Waals surface area contributed by atoms with Gasteiger partial charge in [-0.2, -0.15) is 13.2 Å². The van der Waals surface area contributed by atoms with Crippen LogP contribution >= 0.6 is 0 Å². The van der Waals surface area contributed by atoms with Crippen molar-refractivity contribution in [2.45, 2.75) is 44.9 Å². The average molecular weight is 343 g/mol. The summed E-state index contributed by atoms with van der Waals surface area (Å²) >= 11 is 0. The van der Waals surface area contributed by atoms with Gasteiger partial charge in [-0.1, -0.05) is 6.08 Å². The Bertz CT molecular complexity index is 652. The van der Waals surface area contributed by atoms with E-state index in [0.29, 0.717) is 5.70 Å². The molecule has 4 nitrogen and oxygen atoms in total. The van der Waals surface area contributed by atoms with Crippen LogP contribution in [-0.2, 0) is 9.59 Å². The smallest absolute Gasteiger partial charge is 0.380 e. The number of alkyl halides is 3. The van der Waals surface area contributed by atoms with Crippen LogP contribution in [0.15, 0.2) is 23.4 Å². The predicted molar refractivity (Wildman–Crippen MR) is 79.6 cm³/mol. The molecular formula is C17H20F3NO3. The summed E-state index contributed by atoms with van der Waals surface area (Å²) in [7, 11) is 0. The van der Waals surface area contributed by atoms with Gasteiger partial charge in [-0.05, 0) is 50.7 Å². The molecule has 24 heavy (non-hydrogen) atoms. The molecule has 132 valence electrons. The van der Waals surface area contributed by atoms with E-state index >= 15 is 0 Å². The first kappa shape index (κ1) is 17.2. The van der Waals surface area contributed by atoms with Gasteiger partial charge in [-0.25, -0.2) is 0 Å². The van der Waals surface area contributed by atoms with Gasteiger partial charge in [0.05, 0.1) is 11.8 Å². The number of ketones is 1. The Labute approximate surface area is 138 Å². The van der Waals surface area contributed by atoms with Crippen LogP contribution in [0, 0.1) is 17.8 Å². The van der Waals surface area contributed by atoms with Crippen molar-refractivity contribution in [2.24, 2.45) is 17.8 Å². The summed E-state index contributed by atoms with van der Waals surface area (Å²) in [6.45, 7) is 3.57. The van der Waals surface area contributed by atoms with Crippen molar-refractivity contribution < 1.29 is 27.9 Å². The van der Waals surface area contributed by atoms with E-state index in [0.717, 1.165) is 5.57 Å². The van der Waals surface area contributed by atoms with Gasteiger partial charge >= 0.3 is 6.18 Å². The summed E-state index contributed by atoms with van der Waals surface area (Å²) < 4.78 is 38.9. The zero-order valence-corrected chi connectivity index (χ0v) is 13.6. The first-order valence-corrected chi connectivity index (χ1v) is 8.11. The second-order valence-corrected chi connectivity index (χ2v) is 7.11. The van der Waals surface area contributed by atoms with Gasteiger partial charge in [0.1, 0.15) is 0 Å². The zero-order valence-electron chi connectivity index (χ0n) is 13.6. The number of rotatable bonds is 2. The van der Waals surface area contributed by atoms with E-state index in [1.54, 1.807) is 19.9 Å². The molecule has 2 aliphatic carbocycles. The highest BCUT2D eigenvalue weighted by molar-refractivity contribution is 5.99. The number of nitrogens with zero attached hydrogens (tertiary/aromatic N) is 1. The van der Waals surface area contributed by atoms with Crippen LogP contribution in [-0.4, -0.2) is 40.0 Å². The molecule has 3 aliphatic rings. The minimum atomic E-state index is -4.66. The van der Waals surface area contributed by atoms with Crippen molar-refractivity contribution in [1.29, 1.82) is 0 Å². The molecule has 0 bridgehead atoms. The van der Waals surface area contributed by atoms with Crippen molar-refractivity contribution in [2.75, 3.05) is 6.54 Å².